The van der Waals surface area contributed by atoms with Crippen LogP contribution in [0.25, 0.3) is 0 Å². The Labute approximate surface area is 113 Å². The zero-order valence-electron chi connectivity index (χ0n) is 11.0. The number of aliphatic hydroxyl groups is 1. The van der Waals surface area contributed by atoms with E-state index in [4.69, 9.17) is 10.8 Å². The highest BCUT2D eigenvalue weighted by Gasteiger charge is 2.39. The molecule has 1 aromatic carbocycles. The maximum atomic E-state index is 10.5. The summed E-state index contributed by atoms with van der Waals surface area (Å²) in [5, 5.41) is 18.4. The molecule has 2 rings (SSSR count). The van der Waals surface area contributed by atoms with E-state index in [1.165, 1.54) is 5.56 Å². The molecule has 0 heterocycles. The molecule has 0 aliphatic heterocycles. The van der Waals surface area contributed by atoms with E-state index >= 15 is 0 Å². The summed E-state index contributed by atoms with van der Waals surface area (Å²) in [6.07, 6.45) is 4.08. The van der Waals surface area contributed by atoms with Gasteiger partial charge in [-0.1, -0.05) is 24.3 Å². The van der Waals surface area contributed by atoms with E-state index in [1.54, 1.807) is 0 Å². The summed E-state index contributed by atoms with van der Waals surface area (Å²) in [5.41, 5.74) is 7.69. The van der Waals surface area contributed by atoms with Crippen molar-refractivity contribution in [3.63, 3.8) is 0 Å². The average molecular weight is 263 g/mol. The van der Waals surface area contributed by atoms with Gasteiger partial charge < -0.3 is 15.9 Å². The van der Waals surface area contributed by atoms with Crippen molar-refractivity contribution in [2.75, 3.05) is 0 Å². The van der Waals surface area contributed by atoms with Crippen molar-refractivity contribution in [3.8, 4) is 0 Å². The fourth-order valence-corrected chi connectivity index (χ4v) is 2.15. The van der Waals surface area contributed by atoms with E-state index in [9.17, 15) is 9.90 Å². The van der Waals surface area contributed by atoms with Gasteiger partial charge in [0.15, 0.2) is 0 Å². The van der Waals surface area contributed by atoms with Gasteiger partial charge in [-0.15, -0.1) is 0 Å². The summed E-state index contributed by atoms with van der Waals surface area (Å²) in [7, 11) is 0. The number of carboxylic acid groups (broad SMARTS) is 1. The highest BCUT2D eigenvalue weighted by molar-refractivity contribution is 5.66. The Morgan fingerprint density at radius 1 is 1.32 bits per heavy atom. The second kappa shape index (κ2) is 5.72. The summed E-state index contributed by atoms with van der Waals surface area (Å²) < 4.78 is 0. The van der Waals surface area contributed by atoms with Gasteiger partial charge in [-0.3, -0.25) is 4.79 Å². The molecule has 1 aromatic rings. The molecule has 4 N–H and O–H groups in total. The molecule has 0 aromatic heterocycles. The summed E-state index contributed by atoms with van der Waals surface area (Å²) in [6, 6.07) is 7.72. The lowest BCUT2D eigenvalue weighted by atomic mass is 9.99. The average Bonchev–Trinajstić information content (AvgIpc) is 3.13. The van der Waals surface area contributed by atoms with Crippen LogP contribution in [0.5, 0.6) is 0 Å². The molecule has 1 unspecified atom stereocenters. The first-order chi connectivity index (χ1) is 8.98. The number of carboxylic acids is 1. The molecule has 1 atom stereocenters. The molecule has 1 fully saturated rings. The van der Waals surface area contributed by atoms with Gasteiger partial charge in [-0.25, -0.2) is 0 Å². The summed E-state index contributed by atoms with van der Waals surface area (Å²) in [5.74, 6) is -0.815. The van der Waals surface area contributed by atoms with Crippen molar-refractivity contribution in [1.29, 1.82) is 0 Å². The number of rotatable bonds is 7. The third kappa shape index (κ3) is 4.33. The molecule has 4 heteroatoms. The van der Waals surface area contributed by atoms with Crippen LogP contribution in [0, 0.1) is 0 Å². The van der Waals surface area contributed by atoms with Crippen molar-refractivity contribution in [2.45, 2.75) is 50.2 Å². The predicted octanol–water partition coefficient (Wildman–Crippen LogP) is 2.01. The molecule has 1 aliphatic carbocycles. The molecule has 0 amide bonds. The first-order valence-electron chi connectivity index (χ1n) is 6.77. The molecule has 0 spiro atoms. The van der Waals surface area contributed by atoms with Crippen molar-refractivity contribution >= 4 is 5.97 Å². The van der Waals surface area contributed by atoms with Gasteiger partial charge in [-0.05, 0) is 43.2 Å². The molecule has 0 bridgehead atoms. The maximum Gasteiger partial charge on any atom is 0.303 e. The van der Waals surface area contributed by atoms with E-state index in [0.717, 1.165) is 31.2 Å². The fourth-order valence-electron chi connectivity index (χ4n) is 2.15. The van der Waals surface area contributed by atoms with Crippen LogP contribution in [-0.4, -0.2) is 21.8 Å². The van der Waals surface area contributed by atoms with E-state index in [1.807, 2.05) is 24.3 Å². The molecule has 0 radical (unpaired) electrons. The number of nitrogens with two attached hydrogens (primary N) is 1. The third-order valence-corrected chi connectivity index (χ3v) is 3.78. The Hall–Kier alpha value is -1.39. The lowest BCUT2D eigenvalue weighted by molar-refractivity contribution is -0.137. The molecular weight excluding hydrogens is 242 g/mol. The highest BCUT2D eigenvalue weighted by atomic mass is 16.4. The Kier molecular flexibility index (Phi) is 4.22. The molecule has 0 saturated heterocycles. The van der Waals surface area contributed by atoms with Crippen LogP contribution < -0.4 is 5.73 Å². The Balaban J connectivity index is 1.84. The number of hydrogen-bond donors (Lipinski definition) is 3. The first-order valence-corrected chi connectivity index (χ1v) is 6.77. The summed E-state index contributed by atoms with van der Waals surface area (Å²) in [6.45, 7) is 0. The third-order valence-electron chi connectivity index (χ3n) is 3.78. The summed E-state index contributed by atoms with van der Waals surface area (Å²) >= 11 is 0. The maximum absolute atomic E-state index is 10.5. The summed E-state index contributed by atoms with van der Waals surface area (Å²) in [4.78, 5) is 10.5. The number of benzene rings is 1. The van der Waals surface area contributed by atoms with Crippen molar-refractivity contribution < 1.29 is 15.0 Å². The zero-order chi connectivity index (χ0) is 13.9. The minimum atomic E-state index is -0.815. The number of hydrogen-bond acceptors (Lipinski definition) is 3. The SMILES string of the molecule is NC(CCC(=O)O)c1ccc(CCC2(O)CC2)cc1. The predicted molar refractivity (Wildman–Crippen MR) is 72.7 cm³/mol. The molecule has 104 valence electrons. The van der Waals surface area contributed by atoms with E-state index in [0.29, 0.717) is 6.42 Å². The normalized spacial score (nSPS) is 18.0. The lowest BCUT2D eigenvalue weighted by Gasteiger charge is -2.12. The largest absolute Gasteiger partial charge is 0.481 e. The van der Waals surface area contributed by atoms with E-state index in [2.05, 4.69) is 0 Å². The van der Waals surface area contributed by atoms with Gasteiger partial charge >= 0.3 is 5.97 Å². The molecule has 4 nitrogen and oxygen atoms in total. The molecule has 1 aliphatic rings. The smallest absolute Gasteiger partial charge is 0.303 e. The molecular formula is C15H21NO3. The molecule has 1 saturated carbocycles. The second-order valence-corrected chi connectivity index (χ2v) is 5.50. The zero-order valence-corrected chi connectivity index (χ0v) is 11.0. The van der Waals surface area contributed by atoms with Gasteiger partial charge in [0.25, 0.3) is 0 Å². The molecule has 19 heavy (non-hydrogen) atoms. The van der Waals surface area contributed by atoms with Crippen molar-refractivity contribution in [2.24, 2.45) is 5.73 Å². The Morgan fingerprint density at radius 2 is 1.95 bits per heavy atom. The van der Waals surface area contributed by atoms with Gasteiger partial charge in [0.2, 0.25) is 0 Å². The van der Waals surface area contributed by atoms with Crippen molar-refractivity contribution in [3.05, 3.63) is 35.4 Å². The fraction of sp³-hybridized carbons (Fsp3) is 0.533. The number of aryl methyl sites for hydroxylation is 1. The lowest BCUT2D eigenvalue weighted by Crippen LogP contribution is -2.12. The van der Waals surface area contributed by atoms with Crippen LogP contribution in [0.4, 0.5) is 0 Å². The highest BCUT2D eigenvalue weighted by Crippen LogP contribution is 2.39. The van der Waals surface area contributed by atoms with Crippen LogP contribution in [0.15, 0.2) is 24.3 Å². The van der Waals surface area contributed by atoms with Crippen LogP contribution in [-0.2, 0) is 11.2 Å². The van der Waals surface area contributed by atoms with Gasteiger partial charge in [0.1, 0.15) is 0 Å². The van der Waals surface area contributed by atoms with Crippen LogP contribution in [0.2, 0.25) is 0 Å². The van der Waals surface area contributed by atoms with E-state index in [-0.39, 0.29) is 12.5 Å². The Morgan fingerprint density at radius 3 is 2.47 bits per heavy atom. The quantitative estimate of drug-likeness (QED) is 0.702. The minimum Gasteiger partial charge on any atom is -0.481 e. The van der Waals surface area contributed by atoms with Crippen LogP contribution in [0.1, 0.15) is 49.3 Å². The van der Waals surface area contributed by atoms with Crippen LogP contribution in [0.3, 0.4) is 0 Å². The topological polar surface area (TPSA) is 83.6 Å². The first kappa shape index (κ1) is 14.0. The van der Waals surface area contributed by atoms with Gasteiger partial charge in [0.05, 0.1) is 5.60 Å². The van der Waals surface area contributed by atoms with Gasteiger partial charge in [-0.2, -0.15) is 0 Å². The number of carbonyl (C=O) groups is 1. The van der Waals surface area contributed by atoms with Crippen molar-refractivity contribution in [1.82, 2.24) is 0 Å². The Bertz CT molecular complexity index is 437. The standard InChI is InChI=1S/C15H21NO3/c16-13(5-6-14(17)18)12-3-1-11(2-4-12)7-8-15(19)9-10-15/h1-4,13,19H,5-10,16H2,(H,17,18). The van der Waals surface area contributed by atoms with Gasteiger partial charge in [0, 0.05) is 12.5 Å². The van der Waals surface area contributed by atoms with E-state index < -0.39 is 11.6 Å². The minimum absolute atomic E-state index is 0.0932. The second-order valence-electron chi connectivity index (χ2n) is 5.50. The number of aliphatic carboxylic acids is 1. The monoisotopic (exact) mass is 263 g/mol. The van der Waals surface area contributed by atoms with Crippen LogP contribution >= 0.6 is 0 Å².